The second kappa shape index (κ2) is 6.62. The zero-order valence-corrected chi connectivity index (χ0v) is 13.1. The third kappa shape index (κ3) is 3.86. The van der Waals surface area contributed by atoms with Crippen LogP contribution in [0.2, 0.25) is 10.0 Å². The Labute approximate surface area is 131 Å². The summed E-state index contributed by atoms with van der Waals surface area (Å²) in [5, 5.41) is 4.75. The van der Waals surface area contributed by atoms with E-state index in [1.165, 1.54) is 0 Å². The van der Waals surface area contributed by atoms with Gasteiger partial charge in [-0.2, -0.15) is 0 Å². The molecule has 0 aliphatic rings. The number of rotatable bonds is 4. The Morgan fingerprint density at radius 2 is 1.79 bits per heavy atom. The molecule has 1 unspecified atom stereocenters. The highest BCUT2D eigenvalue weighted by Crippen LogP contribution is 2.28. The molecule has 1 atom stereocenters. The Balaban J connectivity index is 2.24. The van der Waals surface area contributed by atoms with Gasteiger partial charge in [0.25, 0.3) is 0 Å². The molecule has 0 spiro atoms. The lowest BCUT2D eigenvalue weighted by molar-refractivity contribution is 0.789. The molecule has 19 heavy (non-hydrogen) atoms. The molecule has 2 aromatic carbocycles. The van der Waals surface area contributed by atoms with Crippen LogP contribution >= 0.6 is 39.1 Å². The quantitative estimate of drug-likeness (QED) is 0.817. The van der Waals surface area contributed by atoms with Crippen LogP contribution in [0.4, 0.5) is 5.69 Å². The van der Waals surface area contributed by atoms with E-state index in [0.717, 1.165) is 15.7 Å². The molecular weight excluding hydrogens is 347 g/mol. The first-order valence-electron chi connectivity index (χ1n) is 5.77. The third-order valence-corrected chi connectivity index (χ3v) is 3.84. The Morgan fingerprint density at radius 3 is 2.42 bits per heavy atom. The van der Waals surface area contributed by atoms with Crippen molar-refractivity contribution in [2.45, 2.75) is 6.04 Å². The largest absolute Gasteiger partial charge is 0.377 e. The van der Waals surface area contributed by atoms with Gasteiger partial charge in [0, 0.05) is 26.8 Å². The van der Waals surface area contributed by atoms with Crippen molar-refractivity contribution in [3.8, 4) is 0 Å². The lowest BCUT2D eigenvalue weighted by Crippen LogP contribution is -2.21. The molecule has 0 aromatic heterocycles. The minimum atomic E-state index is -0.0498. The number of hydrogen-bond acceptors (Lipinski definition) is 2. The Bertz CT molecular complexity index is 558. The summed E-state index contributed by atoms with van der Waals surface area (Å²) in [6, 6.07) is 13.2. The molecule has 0 aliphatic heterocycles. The van der Waals surface area contributed by atoms with Crippen molar-refractivity contribution >= 4 is 44.8 Å². The van der Waals surface area contributed by atoms with Crippen LogP contribution in [0.25, 0.3) is 0 Å². The fourth-order valence-corrected chi connectivity index (χ4v) is 2.55. The predicted octanol–water partition coefficient (Wildman–Crippen LogP) is 4.87. The average molecular weight is 360 g/mol. The highest BCUT2D eigenvalue weighted by atomic mass is 79.9. The molecule has 3 N–H and O–H groups in total. The van der Waals surface area contributed by atoms with Crippen LogP contribution in [0, 0.1) is 0 Å². The molecule has 0 saturated carbocycles. The zero-order valence-electron chi connectivity index (χ0n) is 10.0. The number of halogens is 3. The monoisotopic (exact) mass is 358 g/mol. The summed E-state index contributed by atoms with van der Waals surface area (Å²) in [5.41, 5.74) is 7.76. The van der Waals surface area contributed by atoms with Crippen LogP contribution in [0.5, 0.6) is 0 Å². The van der Waals surface area contributed by atoms with Gasteiger partial charge in [0.05, 0.1) is 6.04 Å². The molecule has 0 saturated heterocycles. The Morgan fingerprint density at radius 1 is 1.11 bits per heavy atom. The number of nitrogens with two attached hydrogens (primary N) is 1. The van der Waals surface area contributed by atoms with E-state index in [9.17, 15) is 0 Å². The molecule has 0 heterocycles. The first kappa shape index (κ1) is 14.7. The predicted molar refractivity (Wildman–Crippen MR) is 86.0 cm³/mol. The second-order valence-electron chi connectivity index (χ2n) is 4.11. The number of benzene rings is 2. The Kier molecular flexibility index (Phi) is 5.11. The minimum absolute atomic E-state index is 0.0498. The molecule has 100 valence electrons. The van der Waals surface area contributed by atoms with Gasteiger partial charge in [-0.1, -0.05) is 39.1 Å². The maximum Gasteiger partial charge on any atom is 0.0651 e. The molecule has 0 fully saturated rings. The van der Waals surface area contributed by atoms with E-state index in [1.54, 1.807) is 0 Å². The zero-order chi connectivity index (χ0) is 13.8. The van der Waals surface area contributed by atoms with Gasteiger partial charge < -0.3 is 11.1 Å². The standard InChI is InChI=1S/C14H13BrCl2N2/c15-9-1-6-13(17)12(7-9)14(8-18)19-11-4-2-10(16)3-5-11/h1-7,14,19H,8,18H2. The summed E-state index contributed by atoms with van der Waals surface area (Å²) in [6.45, 7) is 0.443. The van der Waals surface area contributed by atoms with E-state index in [-0.39, 0.29) is 6.04 Å². The highest BCUT2D eigenvalue weighted by Gasteiger charge is 2.13. The summed E-state index contributed by atoms with van der Waals surface area (Å²) >= 11 is 15.5. The van der Waals surface area contributed by atoms with E-state index in [2.05, 4.69) is 21.2 Å². The molecular formula is C14H13BrCl2N2. The maximum atomic E-state index is 6.22. The van der Waals surface area contributed by atoms with E-state index in [0.29, 0.717) is 16.6 Å². The van der Waals surface area contributed by atoms with Gasteiger partial charge in [-0.25, -0.2) is 0 Å². The van der Waals surface area contributed by atoms with Gasteiger partial charge >= 0.3 is 0 Å². The number of anilines is 1. The molecule has 2 rings (SSSR count). The lowest BCUT2D eigenvalue weighted by atomic mass is 10.1. The van der Waals surface area contributed by atoms with Crippen molar-refractivity contribution < 1.29 is 0 Å². The average Bonchev–Trinajstić information content (AvgIpc) is 2.41. The van der Waals surface area contributed by atoms with Crippen molar-refractivity contribution in [3.63, 3.8) is 0 Å². The van der Waals surface area contributed by atoms with Crippen LogP contribution in [0.1, 0.15) is 11.6 Å². The van der Waals surface area contributed by atoms with Crippen molar-refractivity contribution in [2.75, 3.05) is 11.9 Å². The van der Waals surface area contributed by atoms with Crippen molar-refractivity contribution in [1.29, 1.82) is 0 Å². The fraction of sp³-hybridized carbons (Fsp3) is 0.143. The molecule has 0 bridgehead atoms. The van der Waals surface area contributed by atoms with Crippen LogP contribution in [0.3, 0.4) is 0 Å². The van der Waals surface area contributed by atoms with E-state index in [1.807, 2.05) is 42.5 Å². The third-order valence-electron chi connectivity index (χ3n) is 2.75. The molecule has 0 aliphatic carbocycles. The van der Waals surface area contributed by atoms with Gasteiger partial charge in [-0.15, -0.1) is 0 Å². The normalized spacial score (nSPS) is 12.2. The molecule has 2 nitrogen and oxygen atoms in total. The molecule has 5 heteroatoms. The highest BCUT2D eigenvalue weighted by molar-refractivity contribution is 9.10. The number of hydrogen-bond donors (Lipinski definition) is 2. The summed E-state index contributed by atoms with van der Waals surface area (Å²) in [5.74, 6) is 0. The van der Waals surface area contributed by atoms with Crippen LogP contribution < -0.4 is 11.1 Å². The van der Waals surface area contributed by atoms with Gasteiger partial charge in [0.1, 0.15) is 0 Å². The first-order valence-corrected chi connectivity index (χ1v) is 7.32. The van der Waals surface area contributed by atoms with Crippen LogP contribution in [-0.2, 0) is 0 Å². The summed E-state index contributed by atoms with van der Waals surface area (Å²) < 4.78 is 0.975. The maximum absolute atomic E-state index is 6.22. The Hall–Kier alpha value is -0.740. The SMILES string of the molecule is NCC(Nc1ccc(Cl)cc1)c1cc(Br)ccc1Cl. The smallest absolute Gasteiger partial charge is 0.0651 e. The van der Waals surface area contributed by atoms with Gasteiger partial charge in [-0.05, 0) is 48.0 Å². The van der Waals surface area contributed by atoms with Crippen molar-refractivity contribution in [3.05, 3.63) is 62.5 Å². The van der Waals surface area contributed by atoms with E-state index < -0.39 is 0 Å². The van der Waals surface area contributed by atoms with Gasteiger partial charge in [0.15, 0.2) is 0 Å². The summed E-state index contributed by atoms with van der Waals surface area (Å²) in [6.07, 6.45) is 0. The molecule has 0 amide bonds. The number of nitrogens with one attached hydrogen (secondary N) is 1. The molecule has 2 aromatic rings. The van der Waals surface area contributed by atoms with Crippen molar-refractivity contribution in [2.24, 2.45) is 5.73 Å². The van der Waals surface area contributed by atoms with Crippen molar-refractivity contribution in [1.82, 2.24) is 0 Å². The van der Waals surface area contributed by atoms with Gasteiger partial charge in [-0.3, -0.25) is 0 Å². The second-order valence-corrected chi connectivity index (χ2v) is 5.86. The van der Waals surface area contributed by atoms with E-state index in [4.69, 9.17) is 28.9 Å². The fourth-order valence-electron chi connectivity index (χ4n) is 1.79. The summed E-state index contributed by atoms with van der Waals surface area (Å²) in [7, 11) is 0. The van der Waals surface area contributed by atoms with E-state index >= 15 is 0 Å². The van der Waals surface area contributed by atoms with Crippen LogP contribution in [0.15, 0.2) is 46.9 Å². The lowest BCUT2D eigenvalue weighted by Gasteiger charge is -2.20. The van der Waals surface area contributed by atoms with Gasteiger partial charge in [0.2, 0.25) is 0 Å². The van der Waals surface area contributed by atoms with Crippen LogP contribution in [-0.4, -0.2) is 6.54 Å². The topological polar surface area (TPSA) is 38.0 Å². The minimum Gasteiger partial charge on any atom is -0.377 e. The first-order chi connectivity index (χ1) is 9.10. The summed E-state index contributed by atoms with van der Waals surface area (Å²) in [4.78, 5) is 0. The molecule has 0 radical (unpaired) electrons.